The zero-order valence-electron chi connectivity index (χ0n) is 18.0. The van der Waals surface area contributed by atoms with Gasteiger partial charge in [0, 0.05) is 0 Å². The first-order chi connectivity index (χ1) is 13.8. The van der Waals surface area contributed by atoms with Gasteiger partial charge in [0.15, 0.2) is 19.6 Å². The van der Waals surface area contributed by atoms with E-state index in [1.807, 2.05) is 0 Å². The Labute approximate surface area is 175 Å². The predicted octanol–water partition coefficient (Wildman–Crippen LogP) is 4.31. The maximum absolute atomic E-state index is 11.1. The molecule has 168 valence electrons. The summed E-state index contributed by atoms with van der Waals surface area (Å²) in [5.41, 5.74) is 0. The van der Waals surface area contributed by atoms with Gasteiger partial charge in [-0.2, -0.15) is 0 Å². The van der Waals surface area contributed by atoms with E-state index < -0.39 is 42.0 Å². The Morgan fingerprint density at radius 2 is 1.00 bits per heavy atom. The topological polar surface area (TPSA) is 112 Å². The molecule has 0 atom stereocenters. The summed E-state index contributed by atoms with van der Waals surface area (Å²) in [5.74, 6) is -3.52. The largest absolute Gasteiger partial charge is 0.477 e. The molecule has 0 aliphatic rings. The second-order valence-electron chi connectivity index (χ2n) is 7.95. The molecule has 0 aromatic rings. The monoisotopic (exact) mass is 414 g/mol. The summed E-state index contributed by atoms with van der Waals surface area (Å²) in [4.78, 5) is 33.4. The number of unbranched alkanes of at least 4 members (excludes halogenated alkanes) is 10. The van der Waals surface area contributed by atoms with E-state index in [1.165, 1.54) is 44.9 Å². The molecule has 0 spiro atoms. The maximum atomic E-state index is 11.1. The number of rotatable bonds is 20. The van der Waals surface area contributed by atoms with E-state index in [0.717, 1.165) is 25.7 Å². The van der Waals surface area contributed by atoms with E-state index in [9.17, 15) is 14.4 Å². The van der Waals surface area contributed by atoms with Crippen molar-refractivity contribution in [3.05, 3.63) is 12.2 Å². The molecule has 0 aromatic heterocycles. The molecule has 3 N–H and O–H groups in total. The fourth-order valence-corrected chi connectivity index (χ4v) is 3.59. The van der Waals surface area contributed by atoms with Crippen molar-refractivity contribution in [1.29, 1.82) is 0 Å². The number of carboxylic acids is 3. The van der Waals surface area contributed by atoms with E-state index in [2.05, 4.69) is 19.1 Å². The average Bonchev–Trinajstić information content (AvgIpc) is 2.60. The van der Waals surface area contributed by atoms with Crippen molar-refractivity contribution in [2.45, 2.75) is 84.0 Å². The van der Waals surface area contributed by atoms with Crippen molar-refractivity contribution in [3.63, 3.8) is 0 Å². The lowest BCUT2D eigenvalue weighted by Crippen LogP contribution is -2.57. The lowest BCUT2D eigenvalue weighted by Gasteiger charge is -2.34. The zero-order valence-corrected chi connectivity index (χ0v) is 18.0. The van der Waals surface area contributed by atoms with E-state index >= 15 is 0 Å². The molecular formula is C22H40NO6+. The van der Waals surface area contributed by atoms with Gasteiger partial charge >= 0.3 is 17.9 Å². The molecule has 0 heterocycles. The number of allylic oxidation sites excluding steroid dienone is 2. The Bertz CT molecular complexity index is 463. The molecule has 0 aromatic carbocycles. The van der Waals surface area contributed by atoms with Crippen LogP contribution in [-0.2, 0) is 14.4 Å². The second-order valence-corrected chi connectivity index (χ2v) is 7.95. The molecule has 0 unspecified atom stereocenters. The van der Waals surface area contributed by atoms with Crippen LogP contribution in [0.4, 0.5) is 0 Å². The van der Waals surface area contributed by atoms with Gasteiger partial charge in [-0.15, -0.1) is 0 Å². The van der Waals surface area contributed by atoms with Crippen molar-refractivity contribution in [1.82, 2.24) is 0 Å². The van der Waals surface area contributed by atoms with Gasteiger partial charge < -0.3 is 15.3 Å². The minimum atomic E-state index is -1.17. The predicted molar refractivity (Wildman–Crippen MR) is 113 cm³/mol. The molecule has 0 saturated carbocycles. The molecule has 0 amide bonds. The summed E-state index contributed by atoms with van der Waals surface area (Å²) in [5, 5.41) is 27.3. The first-order valence-corrected chi connectivity index (χ1v) is 11.0. The quantitative estimate of drug-likeness (QED) is 0.155. The van der Waals surface area contributed by atoms with Crippen molar-refractivity contribution < 1.29 is 34.2 Å². The molecule has 7 nitrogen and oxygen atoms in total. The van der Waals surface area contributed by atoms with Crippen molar-refractivity contribution >= 4 is 17.9 Å². The minimum absolute atomic E-state index is 0.259. The van der Waals surface area contributed by atoms with Gasteiger partial charge in [0.2, 0.25) is 0 Å². The Morgan fingerprint density at radius 3 is 1.41 bits per heavy atom. The third-order valence-corrected chi connectivity index (χ3v) is 5.06. The van der Waals surface area contributed by atoms with Crippen LogP contribution >= 0.6 is 0 Å². The summed E-state index contributed by atoms with van der Waals surface area (Å²) in [6.45, 7) is 1.02. The SMILES string of the molecule is CCCC/C=C/CCCCCCCCCC[N+](CC(=O)O)(CC(=O)O)CC(=O)O. The number of hydrogen-bond donors (Lipinski definition) is 3. The van der Waals surface area contributed by atoms with Gasteiger partial charge in [0.25, 0.3) is 0 Å². The molecule has 0 rings (SSSR count). The number of nitrogens with zero attached hydrogens (tertiary/aromatic N) is 1. The number of carbonyl (C=O) groups is 3. The van der Waals surface area contributed by atoms with Crippen LogP contribution in [-0.4, -0.2) is 63.9 Å². The summed E-state index contributed by atoms with van der Waals surface area (Å²) >= 11 is 0. The summed E-state index contributed by atoms with van der Waals surface area (Å²) in [6.07, 6.45) is 17.8. The van der Waals surface area contributed by atoms with Crippen molar-refractivity contribution in [2.75, 3.05) is 26.2 Å². The molecule has 0 bridgehead atoms. The lowest BCUT2D eigenvalue weighted by molar-refractivity contribution is -0.907. The van der Waals surface area contributed by atoms with Crippen LogP contribution < -0.4 is 0 Å². The van der Waals surface area contributed by atoms with Gasteiger partial charge in [-0.1, -0.05) is 64.0 Å². The van der Waals surface area contributed by atoms with Crippen molar-refractivity contribution in [2.24, 2.45) is 0 Å². The summed E-state index contributed by atoms with van der Waals surface area (Å²) in [7, 11) is 0. The third kappa shape index (κ3) is 16.7. The lowest BCUT2D eigenvalue weighted by atomic mass is 10.1. The number of quaternary nitrogens is 1. The first kappa shape index (κ1) is 27.1. The maximum Gasteiger partial charge on any atom is 0.359 e. The van der Waals surface area contributed by atoms with E-state index in [4.69, 9.17) is 15.3 Å². The average molecular weight is 415 g/mol. The van der Waals surface area contributed by atoms with Crippen LogP contribution in [0.3, 0.4) is 0 Å². The summed E-state index contributed by atoms with van der Waals surface area (Å²) in [6, 6.07) is 0. The number of carboxylic acid groups (broad SMARTS) is 3. The van der Waals surface area contributed by atoms with E-state index in [-0.39, 0.29) is 6.54 Å². The molecule has 7 heteroatoms. The van der Waals surface area contributed by atoms with Crippen LogP contribution in [0.2, 0.25) is 0 Å². The molecular weight excluding hydrogens is 374 g/mol. The zero-order chi connectivity index (χ0) is 22.0. The molecule has 0 saturated heterocycles. The van der Waals surface area contributed by atoms with Crippen LogP contribution in [0.25, 0.3) is 0 Å². The van der Waals surface area contributed by atoms with Crippen LogP contribution in [0.5, 0.6) is 0 Å². The highest BCUT2D eigenvalue weighted by molar-refractivity contribution is 5.73. The number of hydrogen-bond acceptors (Lipinski definition) is 3. The highest BCUT2D eigenvalue weighted by Crippen LogP contribution is 2.14. The van der Waals surface area contributed by atoms with Crippen molar-refractivity contribution in [3.8, 4) is 0 Å². The fourth-order valence-electron chi connectivity index (χ4n) is 3.59. The van der Waals surface area contributed by atoms with Crippen LogP contribution in [0, 0.1) is 0 Å². The fraction of sp³-hybridized carbons (Fsp3) is 0.773. The van der Waals surface area contributed by atoms with Crippen LogP contribution in [0.15, 0.2) is 12.2 Å². The standard InChI is InChI=1S/C22H39NO6/c1-2-3-4-5-6-7-8-9-10-11-12-13-14-15-16-23(17-20(24)25,18-21(26)27)19-22(28)29/h5-6H,2-4,7-19H2,1H3,(H2-,24,25,26,27,28,29)/p+1/b6-5+. The van der Waals surface area contributed by atoms with Crippen LogP contribution in [0.1, 0.15) is 84.0 Å². The van der Waals surface area contributed by atoms with Gasteiger partial charge in [0.1, 0.15) is 0 Å². The third-order valence-electron chi connectivity index (χ3n) is 5.06. The molecule has 0 fully saturated rings. The van der Waals surface area contributed by atoms with Gasteiger partial charge in [-0.3, -0.25) is 4.48 Å². The highest BCUT2D eigenvalue weighted by Gasteiger charge is 2.35. The summed E-state index contributed by atoms with van der Waals surface area (Å²) < 4.78 is -0.439. The Hall–Kier alpha value is -1.89. The van der Waals surface area contributed by atoms with Gasteiger partial charge in [-0.25, -0.2) is 14.4 Å². The molecule has 0 aliphatic heterocycles. The molecule has 0 aliphatic carbocycles. The molecule has 29 heavy (non-hydrogen) atoms. The Morgan fingerprint density at radius 1 is 0.621 bits per heavy atom. The first-order valence-electron chi connectivity index (χ1n) is 11.0. The Balaban J connectivity index is 3.99. The van der Waals surface area contributed by atoms with E-state index in [0.29, 0.717) is 6.42 Å². The normalized spacial score (nSPS) is 11.8. The van der Waals surface area contributed by atoms with E-state index in [1.54, 1.807) is 0 Å². The highest BCUT2D eigenvalue weighted by atomic mass is 16.4. The number of aliphatic carboxylic acids is 3. The smallest absolute Gasteiger partial charge is 0.359 e. The van der Waals surface area contributed by atoms with Gasteiger partial charge in [-0.05, 0) is 32.1 Å². The van der Waals surface area contributed by atoms with Gasteiger partial charge in [0.05, 0.1) is 6.54 Å². The second kappa shape index (κ2) is 17.0. The Kier molecular flexibility index (Phi) is 15.9. The molecule has 0 radical (unpaired) electrons. The minimum Gasteiger partial charge on any atom is -0.477 e.